The van der Waals surface area contributed by atoms with Gasteiger partial charge in [0.05, 0.1) is 39.7 Å². The van der Waals surface area contributed by atoms with Gasteiger partial charge in [0.25, 0.3) is 11.8 Å². The van der Waals surface area contributed by atoms with Crippen LogP contribution in [0.3, 0.4) is 0 Å². The highest BCUT2D eigenvalue weighted by Crippen LogP contribution is 2.49. The average Bonchev–Trinajstić information content (AvgIpc) is 3.46. The van der Waals surface area contributed by atoms with Crippen molar-refractivity contribution in [2.45, 2.75) is 37.3 Å². The summed E-state index contributed by atoms with van der Waals surface area (Å²) in [5.74, 6) is -6.75. The van der Waals surface area contributed by atoms with Gasteiger partial charge in [-0.1, -0.05) is 0 Å². The monoisotopic (exact) mass is 543 g/mol. The molecule has 198 valence electrons. The van der Waals surface area contributed by atoms with Crippen molar-refractivity contribution in [1.29, 1.82) is 0 Å². The molecule has 2 aromatic heterocycles. The summed E-state index contributed by atoms with van der Waals surface area (Å²) in [6.45, 7) is -0.375. The molecule has 5 heterocycles. The van der Waals surface area contributed by atoms with Gasteiger partial charge in [0.1, 0.15) is 18.3 Å². The van der Waals surface area contributed by atoms with Crippen LogP contribution in [0.5, 0.6) is 0 Å². The fourth-order valence-corrected chi connectivity index (χ4v) is 6.47. The van der Waals surface area contributed by atoms with E-state index in [9.17, 15) is 37.4 Å². The number of carbonyl (C=O) groups is 2. The first-order chi connectivity index (χ1) is 18.6. The van der Waals surface area contributed by atoms with Crippen molar-refractivity contribution in [2.24, 2.45) is 0 Å². The predicted octanol–water partition coefficient (Wildman–Crippen LogP) is 3.31. The van der Waals surface area contributed by atoms with Crippen molar-refractivity contribution >= 4 is 55.4 Å². The van der Waals surface area contributed by atoms with Crippen LogP contribution in [0.4, 0.5) is 22.0 Å². The molecule has 3 aromatic carbocycles. The lowest BCUT2D eigenvalue weighted by Gasteiger charge is -2.42. The molecule has 0 aliphatic carbocycles. The second-order valence-corrected chi connectivity index (χ2v) is 10.0. The molecule has 1 fully saturated rings. The number of benzene rings is 3. The van der Waals surface area contributed by atoms with E-state index in [0.717, 1.165) is 24.3 Å². The summed E-state index contributed by atoms with van der Waals surface area (Å²) in [4.78, 5) is 26.2. The number of aliphatic hydroxyl groups is 2. The standard InChI is InChI=1S/C26H14F5N3O5/c27-8-1-6-12(3-10(8)29)33-5-14-19(31)22(35)23(36)26(39-14)34-13-4-11(30)9(28)2-7(13)16-18-17(24(37)32-25(18)38)15(6)20(33)21(16)34/h1-4,14,19,22-23,26,35-36H,5H2,(H,32,37,38). The number of aromatic nitrogens is 2. The zero-order valence-electron chi connectivity index (χ0n) is 19.3. The average molecular weight is 543 g/mol. The zero-order chi connectivity index (χ0) is 27.2. The quantitative estimate of drug-likeness (QED) is 0.205. The van der Waals surface area contributed by atoms with Crippen LogP contribution < -0.4 is 5.32 Å². The smallest absolute Gasteiger partial charge is 0.259 e. The van der Waals surface area contributed by atoms with Gasteiger partial charge in [0.15, 0.2) is 35.7 Å². The third-order valence-electron chi connectivity index (χ3n) is 8.06. The Hall–Kier alpha value is -4.07. The lowest BCUT2D eigenvalue weighted by Crippen LogP contribution is -2.55. The number of nitrogens with one attached hydrogen (secondary N) is 1. The van der Waals surface area contributed by atoms with E-state index in [2.05, 4.69) is 5.32 Å². The molecule has 5 unspecified atom stereocenters. The molecule has 0 radical (unpaired) electrons. The Labute approximate surface area is 212 Å². The number of imide groups is 1. The number of fused-ring (bicyclic) bond motifs is 12. The molecule has 1 saturated heterocycles. The van der Waals surface area contributed by atoms with Gasteiger partial charge < -0.3 is 24.1 Å². The van der Waals surface area contributed by atoms with Gasteiger partial charge in [0, 0.05) is 33.7 Å². The van der Waals surface area contributed by atoms with Crippen LogP contribution >= 0.6 is 0 Å². The minimum Gasteiger partial charge on any atom is -0.387 e. The highest BCUT2D eigenvalue weighted by atomic mass is 19.2. The van der Waals surface area contributed by atoms with E-state index in [1.165, 1.54) is 9.13 Å². The lowest BCUT2D eigenvalue weighted by molar-refractivity contribution is -0.229. The van der Waals surface area contributed by atoms with Crippen molar-refractivity contribution in [2.75, 3.05) is 0 Å². The topological polar surface area (TPSA) is 106 Å². The second-order valence-electron chi connectivity index (χ2n) is 10.0. The third kappa shape index (κ3) is 2.57. The van der Waals surface area contributed by atoms with Crippen molar-refractivity contribution in [3.8, 4) is 0 Å². The number of alkyl halides is 1. The predicted molar refractivity (Wildman–Crippen MR) is 125 cm³/mol. The largest absolute Gasteiger partial charge is 0.387 e. The van der Waals surface area contributed by atoms with E-state index in [-0.39, 0.29) is 61.3 Å². The number of hydrogen-bond donors (Lipinski definition) is 3. The summed E-state index contributed by atoms with van der Waals surface area (Å²) < 4.78 is 82.0. The van der Waals surface area contributed by atoms with Crippen LogP contribution in [-0.2, 0) is 11.3 Å². The minimum atomic E-state index is -2.12. The molecule has 5 atom stereocenters. The summed E-state index contributed by atoms with van der Waals surface area (Å²) in [5, 5.41) is 23.6. The SMILES string of the molecule is O=C1NC(=O)c2c1c1c3cc(F)c(F)cc3n3c1c1c2c2cc(F)c(F)cc2n1C1OC(C3)C(F)C(O)C1O. The molecule has 2 amide bonds. The first kappa shape index (κ1) is 22.9. The number of ether oxygens (including phenoxy) is 1. The molecule has 3 N–H and O–H groups in total. The summed E-state index contributed by atoms with van der Waals surface area (Å²) in [7, 11) is 0. The molecule has 3 aliphatic heterocycles. The highest BCUT2D eigenvalue weighted by molar-refractivity contribution is 6.39. The lowest BCUT2D eigenvalue weighted by atomic mass is 9.95. The van der Waals surface area contributed by atoms with Gasteiger partial charge in [-0.25, -0.2) is 22.0 Å². The van der Waals surface area contributed by atoms with E-state index in [0.29, 0.717) is 0 Å². The normalized spacial score (nSPS) is 26.2. The van der Waals surface area contributed by atoms with E-state index < -0.39 is 65.8 Å². The Kier molecular flexibility index (Phi) is 4.17. The first-order valence-corrected chi connectivity index (χ1v) is 11.9. The molecular weight excluding hydrogens is 529 g/mol. The van der Waals surface area contributed by atoms with E-state index >= 15 is 4.39 Å². The fourth-order valence-electron chi connectivity index (χ4n) is 6.47. The minimum absolute atomic E-state index is 0.00846. The Balaban J connectivity index is 1.73. The van der Waals surface area contributed by atoms with Crippen LogP contribution in [0.1, 0.15) is 26.9 Å². The molecule has 39 heavy (non-hydrogen) atoms. The number of hydrogen-bond acceptors (Lipinski definition) is 5. The molecule has 3 aliphatic rings. The molecule has 13 heteroatoms. The fraction of sp³-hybridized carbons (Fsp3) is 0.231. The van der Waals surface area contributed by atoms with Crippen LogP contribution in [-0.4, -0.2) is 55.6 Å². The highest BCUT2D eigenvalue weighted by Gasteiger charge is 2.49. The van der Waals surface area contributed by atoms with Gasteiger partial charge >= 0.3 is 0 Å². The van der Waals surface area contributed by atoms with Crippen molar-refractivity contribution in [3.63, 3.8) is 0 Å². The Morgan fingerprint density at radius 3 is 1.97 bits per heavy atom. The molecule has 8 rings (SSSR count). The van der Waals surface area contributed by atoms with Crippen LogP contribution in [0, 0.1) is 23.3 Å². The van der Waals surface area contributed by atoms with Gasteiger partial charge in [-0.3, -0.25) is 14.9 Å². The molecule has 0 spiro atoms. The van der Waals surface area contributed by atoms with E-state index in [1.807, 2.05) is 0 Å². The van der Waals surface area contributed by atoms with Crippen LogP contribution in [0.25, 0.3) is 43.6 Å². The van der Waals surface area contributed by atoms with Crippen molar-refractivity contribution in [3.05, 3.63) is 58.7 Å². The number of halogens is 5. The van der Waals surface area contributed by atoms with Gasteiger partial charge in [-0.2, -0.15) is 0 Å². The van der Waals surface area contributed by atoms with E-state index in [4.69, 9.17) is 4.74 Å². The van der Waals surface area contributed by atoms with Crippen LogP contribution in [0.15, 0.2) is 24.3 Å². The van der Waals surface area contributed by atoms with Gasteiger partial charge in [-0.15, -0.1) is 0 Å². The third-order valence-corrected chi connectivity index (χ3v) is 8.06. The first-order valence-electron chi connectivity index (χ1n) is 11.9. The second kappa shape index (κ2) is 7.11. The molecule has 2 bridgehead atoms. The Morgan fingerprint density at radius 2 is 1.33 bits per heavy atom. The maximum atomic E-state index is 15.3. The Morgan fingerprint density at radius 1 is 0.795 bits per heavy atom. The number of carbonyl (C=O) groups excluding carboxylic acids is 2. The van der Waals surface area contributed by atoms with Gasteiger partial charge in [0.2, 0.25) is 0 Å². The van der Waals surface area contributed by atoms with Crippen molar-refractivity contribution in [1.82, 2.24) is 14.5 Å². The molecular formula is C26H14F5N3O5. The van der Waals surface area contributed by atoms with Crippen molar-refractivity contribution < 1.29 is 46.5 Å². The number of nitrogens with zero attached hydrogens (tertiary/aromatic N) is 2. The summed E-state index contributed by atoms with van der Waals surface area (Å²) in [5.41, 5.74) is -0.321. The number of amides is 2. The molecule has 8 nitrogen and oxygen atoms in total. The van der Waals surface area contributed by atoms with E-state index in [1.54, 1.807) is 0 Å². The number of aliphatic hydroxyl groups excluding tert-OH is 2. The summed E-state index contributed by atoms with van der Waals surface area (Å²) in [6, 6.07) is 3.31. The summed E-state index contributed by atoms with van der Waals surface area (Å²) in [6.07, 6.45) is -8.94. The number of rotatable bonds is 0. The summed E-state index contributed by atoms with van der Waals surface area (Å²) >= 11 is 0. The Bertz CT molecular complexity index is 2010. The zero-order valence-corrected chi connectivity index (χ0v) is 19.3. The van der Waals surface area contributed by atoms with Crippen LogP contribution in [0.2, 0.25) is 0 Å². The molecule has 0 saturated carbocycles. The van der Waals surface area contributed by atoms with Gasteiger partial charge in [-0.05, 0) is 12.1 Å². The molecule has 5 aromatic rings. The maximum absolute atomic E-state index is 15.3. The maximum Gasteiger partial charge on any atom is 0.259 e.